The van der Waals surface area contributed by atoms with Crippen molar-refractivity contribution < 1.29 is 5.21 Å². The second-order valence-electron chi connectivity index (χ2n) is 6.63. The zero-order chi connectivity index (χ0) is 18.3. The fourth-order valence-electron chi connectivity index (χ4n) is 3.55. The molecule has 0 amide bonds. The molecule has 2 aliphatic rings. The van der Waals surface area contributed by atoms with Crippen molar-refractivity contribution >= 4 is 23.5 Å². The van der Waals surface area contributed by atoms with Gasteiger partial charge in [0.1, 0.15) is 0 Å². The van der Waals surface area contributed by atoms with E-state index in [0.29, 0.717) is 32.7 Å². The average Bonchev–Trinajstić information content (AvgIpc) is 2.98. The van der Waals surface area contributed by atoms with Crippen LogP contribution in [0, 0.1) is 5.41 Å². The maximum Gasteiger partial charge on any atom is 0.232 e. The predicted octanol–water partition coefficient (Wildman–Crippen LogP) is 0.902. The third-order valence-corrected chi connectivity index (χ3v) is 5.07. The van der Waals surface area contributed by atoms with Gasteiger partial charge in [0, 0.05) is 37.7 Å². The summed E-state index contributed by atoms with van der Waals surface area (Å²) in [4.78, 5) is 6.15. The van der Waals surface area contributed by atoms with Crippen LogP contribution < -0.4 is 10.4 Å². The summed E-state index contributed by atoms with van der Waals surface area (Å²) < 4.78 is 2.11. The average molecular weight is 377 g/mol. The van der Waals surface area contributed by atoms with Crippen LogP contribution in [0.3, 0.4) is 0 Å². The second kappa shape index (κ2) is 6.75. The maximum absolute atomic E-state index is 8.91. The largest absolute Gasteiger partial charge is 0.338 e. The van der Waals surface area contributed by atoms with E-state index in [-0.39, 0.29) is 5.96 Å². The second-order valence-corrected chi connectivity index (χ2v) is 7.07. The van der Waals surface area contributed by atoms with Gasteiger partial charge in [0.2, 0.25) is 11.9 Å². The molecule has 3 heterocycles. The van der Waals surface area contributed by atoms with Gasteiger partial charge in [0.15, 0.2) is 5.82 Å². The Bertz CT molecular complexity index is 830. The highest BCUT2D eigenvalue weighted by molar-refractivity contribution is 6.30. The number of fused-ring (bicyclic) bond motifs is 3. The molecule has 1 fully saturated rings. The van der Waals surface area contributed by atoms with E-state index in [4.69, 9.17) is 22.2 Å². The SMILES string of the molecule is CN1Cc2cc(Cl)ccc2-n2c(nnc2N2CCN(C(=N)NO)CC2)C1. The molecule has 9 nitrogen and oxygen atoms in total. The van der Waals surface area contributed by atoms with Crippen molar-refractivity contribution in [3.8, 4) is 5.69 Å². The molecule has 0 atom stereocenters. The van der Waals surface area contributed by atoms with E-state index in [9.17, 15) is 0 Å². The predicted molar refractivity (Wildman–Crippen MR) is 98.0 cm³/mol. The van der Waals surface area contributed by atoms with Crippen molar-refractivity contribution in [2.75, 3.05) is 38.1 Å². The number of hydroxylamine groups is 1. The van der Waals surface area contributed by atoms with Crippen molar-refractivity contribution in [1.82, 2.24) is 30.0 Å². The van der Waals surface area contributed by atoms with E-state index in [1.807, 2.05) is 23.7 Å². The van der Waals surface area contributed by atoms with Gasteiger partial charge in [-0.05, 0) is 30.8 Å². The normalized spacial score (nSPS) is 17.5. The molecule has 2 aromatic rings. The monoisotopic (exact) mass is 376 g/mol. The van der Waals surface area contributed by atoms with E-state index in [2.05, 4.69) is 31.6 Å². The first-order chi connectivity index (χ1) is 12.6. The minimum absolute atomic E-state index is 0.0198. The quantitative estimate of drug-likeness (QED) is 0.386. The van der Waals surface area contributed by atoms with Gasteiger partial charge in [-0.1, -0.05) is 11.6 Å². The highest BCUT2D eigenvalue weighted by Gasteiger charge is 2.27. The summed E-state index contributed by atoms with van der Waals surface area (Å²) in [5.74, 6) is 1.73. The fraction of sp³-hybridized carbons (Fsp3) is 0.438. The summed E-state index contributed by atoms with van der Waals surface area (Å²) in [6, 6.07) is 5.92. The number of piperazine rings is 1. The molecule has 0 bridgehead atoms. The van der Waals surface area contributed by atoms with Crippen LogP contribution in [0.4, 0.5) is 5.95 Å². The summed E-state index contributed by atoms with van der Waals surface area (Å²) in [6.45, 7) is 4.15. The smallest absolute Gasteiger partial charge is 0.232 e. The molecule has 1 saturated heterocycles. The van der Waals surface area contributed by atoms with Gasteiger partial charge in [-0.25, -0.2) is 5.48 Å². The van der Waals surface area contributed by atoms with Crippen molar-refractivity contribution in [2.45, 2.75) is 13.1 Å². The molecule has 26 heavy (non-hydrogen) atoms. The van der Waals surface area contributed by atoms with Gasteiger partial charge in [-0.15, -0.1) is 10.2 Å². The molecule has 0 radical (unpaired) electrons. The molecule has 138 valence electrons. The summed E-state index contributed by atoms with van der Waals surface area (Å²) in [5, 5.41) is 26.2. The third-order valence-electron chi connectivity index (χ3n) is 4.83. The number of guanidine groups is 1. The molecule has 0 saturated carbocycles. The molecule has 2 aliphatic heterocycles. The van der Waals surface area contributed by atoms with Crippen molar-refractivity contribution in [3.63, 3.8) is 0 Å². The summed E-state index contributed by atoms with van der Waals surface area (Å²) in [5.41, 5.74) is 4.10. The molecule has 0 spiro atoms. The number of benzene rings is 1. The highest BCUT2D eigenvalue weighted by atomic mass is 35.5. The lowest BCUT2D eigenvalue weighted by Crippen LogP contribution is -2.52. The Kier molecular flexibility index (Phi) is 4.43. The van der Waals surface area contributed by atoms with Crippen molar-refractivity contribution in [1.29, 1.82) is 5.41 Å². The minimum atomic E-state index is 0.0198. The topological polar surface area (TPSA) is 96.5 Å². The van der Waals surface area contributed by atoms with Gasteiger partial charge in [-0.2, -0.15) is 0 Å². The molecular formula is C16H21ClN8O. The van der Waals surface area contributed by atoms with Crippen LogP contribution in [0.1, 0.15) is 11.4 Å². The van der Waals surface area contributed by atoms with Crippen LogP contribution in [-0.2, 0) is 13.1 Å². The van der Waals surface area contributed by atoms with Gasteiger partial charge in [0.25, 0.3) is 0 Å². The Morgan fingerprint density at radius 1 is 1.19 bits per heavy atom. The molecular weight excluding hydrogens is 356 g/mol. The molecule has 0 aliphatic carbocycles. The Labute approximate surface area is 156 Å². The van der Waals surface area contributed by atoms with E-state index < -0.39 is 0 Å². The number of rotatable bonds is 1. The van der Waals surface area contributed by atoms with Gasteiger partial charge in [-0.3, -0.25) is 20.1 Å². The Morgan fingerprint density at radius 3 is 2.69 bits per heavy atom. The van der Waals surface area contributed by atoms with Gasteiger partial charge < -0.3 is 9.80 Å². The van der Waals surface area contributed by atoms with Crippen LogP contribution in [0.2, 0.25) is 5.02 Å². The number of nitrogens with zero attached hydrogens (tertiary/aromatic N) is 6. The molecule has 1 aromatic heterocycles. The lowest BCUT2D eigenvalue weighted by molar-refractivity contribution is 0.205. The zero-order valence-electron chi connectivity index (χ0n) is 14.5. The van der Waals surface area contributed by atoms with E-state index in [1.54, 1.807) is 4.90 Å². The van der Waals surface area contributed by atoms with E-state index in [0.717, 1.165) is 34.6 Å². The summed E-state index contributed by atoms with van der Waals surface area (Å²) >= 11 is 6.21. The first-order valence-electron chi connectivity index (χ1n) is 8.47. The molecule has 10 heteroatoms. The first kappa shape index (κ1) is 17.1. The third kappa shape index (κ3) is 2.98. The minimum Gasteiger partial charge on any atom is -0.338 e. The Hall–Kier alpha value is -2.36. The number of halogens is 1. The van der Waals surface area contributed by atoms with Crippen molar-refractivity contribution in [3.05, 3.63) is 34.6 Å². The molecule has 4 rings (SSSR count). The highest BCUT2D eigenvalue weighted by Crippen LogP contribution is 2.30. The maximum atomic E-state index is 8.91. The van der Waals surface area contributed by atoms with Crippen LogP contribution in [0.15, 0.2) is 18.2 Å². The molecule has 0 unspecified atom stereocenters. The first-order valence-corrected chi connectivity index (χ1v) is 8.85. The zero-order valence-corrected chi connectivity index (χ0v) is 15.2. The van der Waals surface area contributed by atoms with Crippen molar-refractivity contribution in [2.24, 2.45) is 0 Å². The van der Waals surface area contributed by atoms with Crippen LogP contribution in [0.25, 0.3) is 5.69 Å². The molecule has 1 aromatic carbocycles. The van der Waals surface area contributed by atoms with E-state index >= 15 is 0 Å². The Balaban J connectivity index is 1.68. The summed E-state index contributed by atoms with van der Waals surface area (Å²) in [7, 11) is 2.06. The number of nitrogens with one attached hydrogen (secondary N) is 2. The number of aromatic nitrogens is 3. The molecule has 3 N–H and O–H groups in total. The lowest BCUT2D eigenvalue weighted by atomic mass is 10.1. The van der Waals surface area contributed by atoms with Crippen LogP contribution >= 0.6 is 11.6 Å². The van der Waals surface area contributed by atoms with Crippen LogP contribution in [-0.4, -0.2) is 69.0 Å². The van der Waals surface area contributed by atoms with Gasteiger partial charge >= 0.3 is 0 Å². The number of hydrogen-bond donors (Lipinski definition) is 3. The number of anilines is 1. The standard InChI is InChI=1S/C16H21ClN8O/c1-22-9-11-8-12(17)2-3-13(11)25-14(10-22)19-20-16(25)24-6-4-23(5-7-24)15(18)21-26/h2-3,8,26H,4-7,9-10H2,1H3,(H2,18,21). The lowest BCUT2D eigenvalue weighted by Gasteiger charge is -2.35. The fourth-order valence-corrected chi connectivity index (χ4v) is 3.74. The summed E-state index contributed by atoms with van der Waals surface area (Å²) in [6.07, 6.45) is 0. The van der Waals surface area contributed by atoms with E-state index in [1.165, 1.54) is 0 Å². The Morgan fingerprint density at radius 2 is 1.96 bits per heavy atom. The number of hydrogen-bond acceptors (Lipinski definition) is 6. The van der Waals surface area contributed by atoms with Crippen LogP contribution in [0.5, 0.6) is 0 Å². The van der Waals surface area contributed by atoms with Gasteiger partial charge in [0.05, 0.1) is 12.2 Å².